The summed E-state index contributed by atoms with van der Waals surface area (Å²) >= 11 is 0. The maximum absolute atomic E-state index is 11.5. The standard InChI is InChI=1S/C10H16N6O2P2/c11-19(12,17)15-9-5-1-3-7-8(9)4-2-6-10(7)16-20(13,14)18/h1-6H,(H5,11,12,15,17)(H5,13,14,16,18). The molecule has 0 aliphatic heterocycles. The van der Waals surface area contributed by atoms with Crippen molar-refractivity contribution < 1.29 is 9.13 Å². The van der Waals surface area contributed by atoms with Crippen LogP contribution in [0.5, 0.6) is 0 Å². The Labute approximate surface area is 115 Å². The minimum Gasteiger partial charge on any atom is -0.313 e. The molecule has 8 nitrogen and oxygen atoms in total. The van der Waals surface area contributed by atoms with Gasteiger partial charge in [0.25, 0.3) is 15.2 Å². The first-order valence-corrected chi connectivity index (χ1v) is 9.27. The molecule has 2 rings (SSSR count). The van der Waals surface area contributed by atoms with Crippen molar-refractivity contribution in [3.63, 3.8) is 0 Å². The van der Waals surface area contributed by atoms with Crippen LogP contribution in [0.4, 0.5) is 11.4 Å². The Morgan fingerprint density at radius 3 is 1.35 bits per heavy atom. The third-order valence-electron chi connectivity index (χ3n) is 2.51. The first-order valence-electron chi connectivity index (χ1n) is 5.58. The van der Waals surface area contributed by atoms with E-state index in [1.807, 2.05) is 0 Å². The number of hydrogen-bond acceptors (Lipinski definition) is 2. The molecule has 0 atom stereocenters. The molecular formula is C10H16N6O2P2. The van der Waals surface area contributed by atoms with Crippen LogP contribution in [0.25, 0.3) is 10.8 Å². The minimum atomic E-state index is -3.42. The van der Waals surface area contributed by atoms with E-state index in [2.05, 4.69) is 10.2 Å². The highest BCUT2D eigenvalue weighted by Crippen LogP contribution is 2.37. The van der Waals surface area contributed by atoms with Crippen LogP contribution in [0.3, 0.4) is 0 Å². The number of anilines is 2. The lowest BCUT2D eigenvalue weighted by molar-refractivity contribution is 0.579. The fourth-order valence-corrected chi connectivity index (χ4v) is 3.02. The summed E-state index contributed by atoms with van der Waals surface area (Å²) in [5.41, 5.74) is 22.3. The maximum atomic E-state index is 11.5. The van der Waals surface area contributed by atoms with Crippen LogP contribution >= 0.6 is 15.2 Å². The van der Waals surface area contributed by atoms with Crippen molar-refractivity contribution in [2.24, 2.45) is 22.0 Å². The van der Waals surface area contributed by atoms with Crippen molar-refractivity contribution in [3.8, 4) is 0 Å². The highest BCUT2D eigenvalue weighted by Gasteiger charge is 2.14. The Bertz CT molecular complexity index is 674. The lowest BCUT2D eigenvalue weighted by Crippen LogP contribution is -2.14. The quantitative estimate of drug-likeness (QED) is 0.464. The number of benzene rings is 2. The minimum absolute atomic E-state index is 0.503. The van der Waals surface area contributed by atoms with Crippen LogP contribution < -0.4 is 32.2 Å². The fourth-order valence-electron chi connectivity index (χ4n) is 1.88. The molecule has 0 heterocycles. The number of nitrogens with one attached hydrogen (secondary N) is 2. The molecule has 0 bridgehead atoms. The number of hydrogen-bond donors (Lipinski definition) is 6. The van der Waals surface area contributed by atoms with Crippen molar-refractivity contribution in [1.82, 2.24) is 0 Å². The van der Waals surface area contributed by atoms with Crippen LogP contribution in [-0.4, -0.2) is 0 Å². The Kier molecular flexibility index (Phi) is 3.88. The third kappa shape index (κ3) is 3.80. The normalized spacial score (nSPS) is 12.4. The van der Waals surface area contributed by atoms with Crippen LogP contribution in [-0.2, 0) is 9.13 Å². The van der Waals surface area contributed by atoms with Gasteiger partial charge in [-0.15, -0.1) is 0 Å². The van der Waals surface area contributed by atoms with Gasteiger partial charge in [-0.2, -0.15) is 0 Å². The van der Waals surface area contributed by atoms with Gasteiger partial charge in [0, 0.05) is 22.1 Å². The van der Waals surface area contributed by atoms with Gasteiger partial charge in [-0.05, 0) is 12.1 Å². The second-order valence-electron chi connectivity index (χ2n) is 4.35. The fraction of sp³-hybridized carbons (Fsp3) is 0. The van der Waals surface area contributed by atoms with Crippen molar-refractivity contribution in [3.05, 3.63) is 36.4 Å². The summed E-state index contributed by atoms with van der Waals surface area (Å²) in [4.78, 5) is 0. The summed E-state index contributed by atoms with van der Waals surface area (Å²) in [6.45, 7) is 0. The van der Waals surface area contributed by atoms with Crippen molar-refractivity contribution in [2.75, 3.05) is 10.2 Å². The van der Waals surface area contributed by atoms with Crippen molar-refractivity contribution in [2.45, 2.75) is 0 Å². The number of rotatable bonds is 4. The molecule has 0 spiro atoms. The van der Waals surface area contributed by atoms with E-state index in [0.29, 0.717) is 22.1 Å². The highest BCUT2D eigenvalue weighted by molar-refractivity contribution is 7.60. The molecule has 0 radical (unpaired) electrons. The van der Waals surface area contributed by atoms with Crippen LogP contribution in [0.1, 0.15) is 0 Å². The number of nitrogens with two attached hydrogens (primary N) is 4. The predicted molar refractivity (Wildman–Crippen MR) is 83.2 cm³/mol. The molecule has 2 aromatic carbocycles. The van der Waals surface area contributed by atoms with Gasteiger partial charge < -0.3 is 10.2 Å². The zero-order chi connectivity index (χ0) is 15.0. The molecule has 10 heteroatoms. The molecule has 20 heavy (non-hydrogen) atoms. The first kappa shape index (κ1) is 15.0. The van der Waals surface area contributed by atoms with Gasteiger partial charge in [-0.1, -0.05) is 24.3 Å². The van der Waals surface area contributed by atoms with E-state index < -0.39 is 15.2 Å². The summed E-state index contributed by atoms with van der Waals surface area (Å²) in [5.74, 6) is 0. The number of fused-ring (bicyclic) bond motifs is 1. The molecule has 0 unspecified atom stereocenters. The van der Waals surface area contributed by atoms with E-state index in [1.54, 1.807) is 36.4 Å². The molecule has 0 saturated heterocycles. The van der Waals surface area contributed by atoms with Gasteiger partial charge in [-0.3, -0.25) is 31.1 Å². The largest absolute Gasteiger partial charge is 0.313 e. The molecular weight excluding hydrogens is 298 g/mol. The summed E-state index contributed by atoms with van der Waals surface area (Å²) in [5, 5.41) is 6.52. The summed E-state index contributed by atoms with van der Waals surface area (Å²) in [6, 6.07) is 10.3. The van der Waals surface area contributed by atoms with E-state index in [0.717, 1.165) is 0 Å². The summed E-state index contributed by atoms with van der Waals surface area (Å²) in [6.07, 6.45) is 0. The van der Waals surface area contributed by atoms with E-state index in [1.165, 1.54) is 0 Å². The smallest absolute Gasteiger partial charge is 0.298 e. The van der Waals surface area contributed by atoms with Gasteiger partial charge in [-0.25, -0.2) is 0 Å². The molecule has 0 amide bonds. The molecule has 0 aliphatic rings. The SMILES string of the molecule is NP(N)(=O)Nc1cccc2c(NP(N)(N)=O)cccc12. The lowest BCUT2D eigenvalue weighted by Gasteiger charge is -2.16. The summed E-state index contributed by atoms with van der Waals surface area (Å²) < 4.78 is 23.0. The van der Waals surface area contributed by atoms with Gasteiger partial charge in [0.15, 0.2) is 0 Å². The first-order chi connectivity index (χ1) is 9.16. The van der Waals surface area contributed by atoms with E-state index in [4.69, 9.17) is 22.0 Å². The molecule has 10 N–H and O–H groups in total. The Morgan fingerprint density at radius 2 is 1.05 bits per heavy atom. The van der Waals surface area contributed by atoms with Crippen LogP contribution in [0, 0.1) is 0 Å². The van der Waals surface area contributed by atoms with Gasteiger partial charge in [0.05, 0.1) is 0 Å². The van der Waals surface area contributed by atoms with E-state index in [-0.39, 0.29) is 0 Å². The van der Waals surface area contributed by atoms with Crippen LogP contribution in [0.15, 0.2) is 36.4 Å². The lowest BCUT2D eigenvalue weighted by atomic mass is 10.1. The summed E-state index contributed by atoms with van der Waals surface area (Å²) in [7, 11) is -6.85. The van der Waals surface area contributed by atoms with E-state index >= 15 is 0 Å². The van der Waals surface area contributed by atoms with E-state index in [9.17, 15) is 9.13 Å². The zero-order valence-corrected chi connectivity index (χ0v) is 12.3. The third-order valence-corrected chi connectivity index (χ3v) is 3.69. The average molecular weight is 314 g/mol. The molecule has 0 saturated carbocycles. The predicted octanol–water partition coefficient (Wildman–Crippen LogP) is 1.71. The van der Waals surface area contributed by atoms with Gasteiger partial charge >= 0.3 is 0 Å². The second-order valence-corrected chi connectivity index (χ2v) is 7.63. The topological polar surface area (TPSA) is 162 Å². The highest BCUT2D eigenvalue weighted by atomic mass is 31.2. The molecule has 0 aromatic heterocycles. The Balaban J connectivity index is 2.57. The molecule has 0 aliphatic carbocycles. The van der Waals surface area contributed by atoms with Gasteiger partial charge in [0.2, 0.25) is 0 Å². The molecule has 0 fully saturated rings. The maximum Gasteiger partial charge on any atom is 0.298 e. The molecule has 2 aromatic rings. The van der Waals surface area contributed by atoms with Crippen molar-refractivity contribution in [1.29, 1.82) is 0 Å². The van der Waals surface area contributed by atoms with Crippen LogP contribution in [0.2, 0.25) is 0 Å². The zero-order valence-electron chi connectivity index (χ0n) is 10.5. The van der Waals surface area contributed by atoms with Crippen molar-refractivity contribution >= 4 is 37.3 Å². The average Bonchev–Trinajstić information content (AvgIpc) is 2.26. The van der Waals surface area contributed by atoms with Gasteiger partial charge in [0.1, 0.15) is 0 Å². The monoisotopic (exact) mass is 314 g/mol. The second kappa shape index (κ2) is 5.18. The Morgan fingerprint density at radius 1 is 0.700 bits per heavy atom. The Hall–Kier alpha value is -1.40. The molecule has 108 valence electrons.